The summed E-state index contributed by atoms with van der Waals surface area (Å²) in [6.07, 6.45) is 0.898. The minimum Gasteiger partial charge on any atom is -0.504 e. The van der Waals surface area contributed by atoms with Gasteiger partial charge in [-0.3, -0.25) is 0 Å². The first kappa shape index (κ1) is 15.6. The van der Waals surface area contributed by atoms with Crippen molar-refractivity contribution in [3.05, 3.63) is 42.0 Å². The SMILES string of the molecule is CCNCCCOc1cc2nc3ccccc3c(C)c2cc1O. The fourth-order valence-electron chi connectivity index (χ4n) is 2.79. The Labute approximate surface area is 136 Å². The number of benzene rings is 2. The second kappa shape index (κ2) is 6.84. The molecule has 0 spiro atoms. The largest absolute Gasteiger partial charge is 0.504 e. The van der Waals surface area contributed by atoms with Crippen LogP contribution in [0.3, 0.4) is 0 Å². The molecule has 0 aliphatic carbocycles. The van der Waals surface area contributed by atoms with E-state index in [1.165, 1.54) is 0 Å². The van der Waals surface area contributed by atoms with Gasteiger partial charge in [0.15, 0.2) is 11.5 Å². The number of nitrogens with zero attached hydrogens (tertiary/aromatic N) is 1. The van der Waals surface area contributed by atoms with Crippen LogP contribution in [0.1, 0.15) is 18.9 Å². The third kappa shape index (κ3) is 3.22. The molecule has 2 aromatic carbocycles. The summed E-state index contributed by atoms with van der Waals surface area (Å²) in [5, 5.41) is 15.6. The Morgan fingerprint density at radius 3 is 2.78 bits per heavy atom. The van der Waals surface area contributed by atoms with Crippen molar-refractivity contribution in [1.29, 1.82) is 0 Å². The van der Waals surface area contributed by atoms with Crippen molar-refractivity contribution >= 4 is 21.8 Å². The maximum atomic E-state index is 10.2. The lowest BCUT2D eigenvalue weighted by Crippen LogP contribution is -2.16. The maximum absolute atomic E-state index is 10.2. The lowest BCUT2D eigenvalue weighted by Gasteiger charge is -2.12. The average Bonchev–Trinajstić information content (AvgIpc) is 2.56. The van der Waals surface area contributed by atoms with Crippen molar-refractivity contribution < 1.29 is 9.84 Å². The maximum Gasteiger partial charge on any atom is 0.163 e. The van der Waals surface area contributed by atoms with Gasteiger partial charge in [0.05, 0.1) is 17.6 Å². The zero-order valence-corrected chi connectivity index (χ0v) is 13.6. The van der Waals surface area contributed by atoms with Gasteiger partial charge in [-0.2, -0.15) is 0 Å². The molecule has 4 heteroatoms. The van der Waals surface area contributed by atoms with Crippen molar-refractivity contribution in [3.63, 3.8) is 0 Å². The molecule has 0 aliphatic heterocycles. The topological polar surface area (TPSA) is 54.4 Å². The van der Waals surface area contributed by atoms with Gasteiger partial charge in [0.2, 0.25) is 0 Å². The minimum absolute atomic E-state index is 0.168. The Morgan fingerprint density at radius 1 is 1.13 bits per heavy atom. The van der Waals surface area contributed by atoms with Crippen molar-refractivity contribution in [2.75, 3.05) is 19.7 Å². The van der Waals surface area contributed by atoms with Gasteiger partial charge >= 0.3 is 0 Å². The Morgan fingerprint density at radius 2 is 1.96 bits per heavy atom. The number of para-hydroxylation sites is 1. The molecule has 0 bridgehead atoms. The number of hydrogen-bond donors (Lipinski definition) is 2. The van der Waals surface area contributed by atoms with Gasteiger partial charge in [0, 0.05) is 16.8 Å². The summed E-state index contributed by atoms with van der Waals surface area (Å²) in [4.78, 5) is 4.69. The minimum atomic E-state index is 0.168. The first-order valence-electron chi connectivity index (χ1n) is 8.06. The van der Waals surface area contributed by atoms with Crippen LogP contribution in [0.2, 0.25) is 0 Å². The number of nitrogens with one attached hydrogen (secondary N) is 1. The molecular formula is C19H22N2O2. The van der Waals surface area contributed by atoms with Crippen LogP contribution in [-0.2, 0) is 0 Å². The summed E-state index contributed by atoms with van der Waals surface area (Å²) in [6.45, 7) is 6.57. The summed E-state index contributed by atoms with van der Waals surface area (Å²) in [7, 11) is 0. The van der Waals surface area contributed by atoms with E-state index in [9.17, 15) is 5.11 Å². The Bertz CT molecular complexity index is 830. The van der Waals surface area contributed by atoms with E-state index < -0.39 is 0 Å². The number of pyridine rings is 1. The molecule has 0 saturated carbocycles. The Kier molecular flexibility index (Phi) is 4.63. The monoisotopic (exact) mass is 310 g/mol. The van der Waals surface area contributed by atoms with Crippen LogP contribution in [0.15, 0.2) is 36.4 Å². The van der Waals surface area contributed by atoms with Gasteiger partial charge < -0.3 is 15.2 Å². The van der Waals surface area contributed by atoms with Crippen LogP contribution in [0, 0.1) is 6.92 Å². The highest BCUT2D eigenvalue weighted by Gasteiger charge is 2.10. The van der Waals surface area contributed by atoms with E-state index in [0.717, 1.165) is 46.9 Å². The standard InChI is InChI=1S/C19H22N2O2/c1-3-20-9-6-10-23-19-12-17-15(11-18(19)22)13(2)14-7-4-5-8-16(14)21-17/h4-5,7-8,11-12,20,22H,3,6,9-10H2,1-2H3. The number of aryl methyl sites for hydroxylation is 1. The number of phenols is 1. The Balaban J connectivity index is 1.92. The molecule has 4 nitrogen and oxygen atoms in total. The van der Waals surface area contributed by atoms with Crippen LogP contribution < -0.4 is 10.1 Å². The summed E-state index contributed by atoms with van der Waals surface area (Å²) < 4.78 is 5.71. The molecule has 0 atom stereocenters. The molecule has 0 unspecified atom stereocenters. The van der Waals surface area contributed by atoms with Crippen LogP contribution in [0.25, 0.3) is 21.8 Å². The summed E-state index contributed by atoms with van der Waals surface area (Å²) in [6, 6.07) is 11.6. The van der Waals surface area contributed by atoms with E-state index in [1.807, 2.05) is 24.3 Å². The normalized spacial score (nSPS) is 11.2. The van der Waals surface area contributed by atoms with Gasteiger partial charge in [0.1, 0.15) is 0 Å². The molecule has 23 heavy (non-hydrogen) atoms. The van der Waals surface area contributed by atoms with E-state index in [-0.39, 0.29) is 5.75 Å². The fourth-order valence-corrected chi connectivity index (χ4v) is 2.79. The van der Waals surface area contributed by atoms with Crippen LogP contribution in [0.5, 0.6) is 11.5 Å². The third-order valence-electron chi connectivity index (χ3n) is 4.04. The van der Waals surface area contributed by atoms with E-state index >= 15 is 0 Å². The Hall–Kier alpha value is -2.33. The molecule has 1 heterocycles. The van der Waals surface area contributed by atoms with Crippen LogP contribution in [0.4, 0.5) is 0 Å². The van der Waals surface area contributed by atoms with Gasteiger partial charge in [-0.05, 0) is 44.1 Å². The van der Waals surface area contributed by atoms with Crippen molar-refractivity contribution in [1.82, 2.24) is 10.3 Å². The van der Waals surface area contributed by atoms with E-state index in [0.29, 0.717) is 12.4 Å². The highest BCUT2D eigenvalue weighted by Crippen LogP contribution is 2.34. The first-order valence-corrected chi connectivity index (χ1v) is 8.06. The zero-order chi connectivity index (χ0) is 16.2. The average molecular weight is 310 g/mol. The lowest BCUT2D eigenvalue weighted by atomic mass is 10.0. The van der Waals surface area contributed by atoms with Crippen molar-refractivity contribution in [2.45, 2.75) is 20.3 Å². The number of rotatable bonds is 6. The second-order valence-electron chi connectivity index (χ2n) is 5.65. The molecule has 2 N–H and O–H groups in total. The smallest absolute Gasteiger partial charge is 0.163 e. The van der Waals surface area contributed by atoms with Crippen molar-refractivity contribution in [3.8, 4) is 11.5 Å². The van der Waals surface area contributed by atoms with Crippen LogP contribution >= 0.6 is 0 Å². The summed E-state index contributed by atoms with van der Waals surface area (Å²) >= 11 is 0. The molecule has 0 amide bonds. The van der Waals surface area contributed by atoms with E-state index in [4.69, 9.17) is 9.72 Å². The first-order chi connectivity index (χ1) is 11.2. The number of fused-ring (bicyclic) bond motifs is 2. The van der Waals surface area contributed by atoms with E-state index in [2.05, 4.69) is 25.2 Å². The number of aromatic hydroxyl groups is 1. The number of ether oxygens (including phenoxy) is 1. The van der Waals surface area contributed by atoms with Gasteiger partial charge in [-0.1, -0.05) is 25.1 Å². The highest BCUT2D eigenvalue weighted by atomic mass is 16.5. The molecule has 120 valence electrons. The summed E-state index contributed by atoms with van der Waals surface area (Å²) in [5.74, 6) is 0.664. The molecule has 3 aromatic rings. The highest BCUT2D eigenvalue weighted by molar-refractivity contribution is 5.98. The fraction of sp³-hybridized carbons (Fsp3) is 0.316. The molecular weight excluding hydrogens is 288 g/mol. The predicted octanol–water partition coefficient (Wildman–Crippen LogP) is 3.78. The number of phenolic OH excluding ortho intramolecular Hbond substituents is 1. The molecule has 1 aromatic heterocycles. The van der Waals surface area contributed by atoms with Gasteiger partial charge in [-0.25, -0.2) is 4.98 Å². The lowest BCUT2D eigenvalue weighted by molar-refractivity contribution is 0.293. The number of hydrogen-bond acceptors (Lipinski definition) is 4. The zero-order valence-electron chi connectivity index (χ0n) is 13.6. The third-order valence-corrected chi connectivity index (χ3v) is 4.04. The van der Waals surface area contributed by atoms with E-state index in [1.54, 1.807) is 6.07 Å². The van der Waals surface area contributed by atoms with Gasteiger partial charge in [0.25, 0.3) is 0 Å². The quantitative estimate of drug-likeness (QED) is 0.537. The molecule has 0 radical (unpaired) electrons. The number of aromatic nitrogens is 1. The predicted molar refractivity (Wildman–Crippen MR) is 94.3 cm³/mol. The molecule has 0 aliphatic rings. The second-order valence-corrected chi connectivity index (χ2v) is 5.65. The summed E-state index contributed by atoms with van der Waals surface area (Å²) in [5.41, 5.74) is 2.93. The van der Waals surface area contributed by atoms with Gasteiger partial charge in [-0.15, -0.1) is 0 Å². The van der Waals surface area contributed by atoms with Crippen molar-refractivity contribution in [2.24, 2.45) is 0 Å². The van der Waals surface area contributed by atoms with Crippen LogP contribution in [-0.4, -0.2) is 29.8 Å². The molecule has 0 saturated heterocycles. The molecule has 0 fully saturated rings. The molecule has 3 rings (SSSR count).